The van der Waals surface area contributed by atoms with Crippen molar-refractivity contribution in [3.8, 4) is 0 Å². The second-order valence-corrected chi connectivity index (χ2v) is 2.81. The lowest BCUT2D eigenvalue weighted by Gasteiger charge is -2.22. The molecule has 1 atom stereocenters. The molecule has 3 heteroatoms. The van der Waals surface area contributed by atoms with Gasteiger partial charge < -0.3 is 9.64 Å². The van der Waals surface area contributed by atoms with Gasteiger partial charge in [-0.3, -0.25) is 4.79 Å². The Hall–Kier alpha value is -0.570. The molecule has 1 aliphatic rings. The highest BCUT2D eigenvalue weighted by Gasteiger charge is 2.33. The Bertz CT molecular complexity index is 139. The maximum atomic E-state index is 10.9. The highest BCUT2D eigenvalue weighted by atomic mass is 16.6. The van der Waals surface area contributed by atoms with Crippen molar-refractivity contribution in [1.29, 1.82) is 0 Å². The van der Waals surface area contributed by atoms with Crippen LogP contribution in [0.4, 0.5) is 0 Å². The molecule has 0 N–H and O–H groups in total. The number of hydrogen-bond donors (Lipinski definition) is 0. The molecule has 1 unspecified atom stereocenters. The molecule has 1 amide bonds. The first kappa shape index (κ1) is 7.54. The lowest BCUT2D eigenvalue weighted by atomic mass is 10.3. The second-order valence-electron chi connectivity index (χ2n) is 2.81. The van der Waals surface area contributed by atoms with Crippen LogP contribution >= 0.6 is 0 Å². The number of epoxide rings is 1. The van der Waals surface area contributed by atoms with Crippen LogP contribution in [0, 0.1) is 0 Å². The number of carbonyl (C=O) groups is 1. The van der Waals surface area contributed by atoms with Crippen molar-refractivity contribution in [3.05, 3.63) is 0 Å². The molecule has 0 bridgehead atoms. The van der Waals surface area contributed by atoms with Gasteiger partial charge in [0.05, 0.1) is 6.61 Å². The van der Waals surface area contributed by atoms with Crippen LogP contribution in [-0.4, -0.2) is 29.7 Å². The topological polar surface area (TPSA) is 32.8 Å². The van der Waals surface area contributed by atoms with Gasteiger partial charge in [-0.2, -0.15) is 0 Å². The SMILES string of the molecule is CC(=O)N(C(C)C)C1CO1. The summed E-state index contributed by atoms with van der Waals surface area (Å²) >= 11 is 0. The predicted molar refractivity (Wildman–Crippen MR) is 37.4 cm³/mol. The summed E-state index contributed by atoms with van der Waals surface area (Å²) in [5.74, 6) is 0.0949. The molecule has 3 nitrogen and oxygen atoms in total. The summed E-state index contributed by atoms with van der Waals surface area (Å²) in [6.45, 7) is 6.26. The van der Waals surface area contributed by atoms with E-state index in [1.807, 2.05) is 13.8 Å². The summed E-state index contributed by atoms with van der Waals surface area (Å²) in [5, 5.41) is 0. The molecule has 0 aliphatic carbocycles. The van der Waals surface area contributed by atoms with E-state index < -0.39 is 0 Å². The minimum atomic E-state index is 0.0671. The summed E-state index contributed by atoms with van der Waals surface area (Å²) < 4.78 is 5.00. The summed E-state index contributed by atoms with van der Waals surface area (Å²) in [6, 6.07) is 0.255. The average Bonchev–Trinajstić information content (AvgIpc) is 2.46. The first-order valence-corrected chi connectivity index (χ1v) is 3.53. The van der Waals surface area contributed by atoms with Gasteiger partial charge >= 0.3 is 0 Å². The van der Waals surface area contributed by atoms with E-state index in [4.69, 9.17) is 4.74 Å². The lowest BCUT2D eigenvalue weighted by molar-refractivity contribution is -0.132. The van der Waals surface area contributed by atoms with E-state index in [2.05, 4.69) is 0 Å². The molecule has 0 aromatic heterocycles. The molecular formula is C7H13NO2. The van der Waals surface area contributed by atoms with Gasteiger partial charge in [-0.05, 0) is 13.8 Å². The smallest absolute Gasteiger partial charge is 0.221 e. The van der Waals surface area contributed by atoms with Gasteiger partial charge in [0.1, 0.15) is 0 Å². The molecule has 10 heavy (non-hydrogen) atoms. The van der Waals surface area contributed by atoms with E-state index >= 15 is 0 Å². The zero-order valence-electron chi connectivity index (χ0n) is 6.63. The Morgan fingerprint density at radius 2 is 2.20 bits per heavy atom. The maximum absolute atomic E-state index is 10.9. The molecule has 0 aromatic carbocycles. The predicted octanol–water partition coefficient (Wildman–Crippen LogP) is 0.600. The molecule has 0 saturated carbocycles. The van der Waals surface area contributed by atoms with Crippen LogP contribution in [0.25, 0.3) is 0 Å². The fraction of sp³-hybridized carbons (Fsp3) is 0.857. The number of amides is 1. The molecule has 1 saturated heterocycles. The van der Waals surface area contributed by atoms with Gasteiger partial charge in [0.2, 0.25) is 5.91 Å². The van der Waals surface area contributed by atoms with Crippen LogP contribution in [0.5, 0.6) is 0 Å². The third-order valence-corrected chi connectivity index (χ3v) is 1.55. The first-order valence-electron chi connectivity index (χ1n) is 3.53. The third kappa shape index (κ3) is 1.48. The Morgan fingerprint density at radius 1 is 1.70 bits per heavy atom. The summed E-state index contributed by atoms with van der Waals surface area (Å²) in [7, 11) is 0. The number of carbonyl (C=O) groups excluding carboxylic acids is 1. The van der Waals surface area contributed by atoms with Gasteiger partial charge in [-0.15, -0.1) is 0 Å². The van der Waals surface area contributed by atoms with E-state index in [1.54, 1.807) is 11.8 Å². The van der Waals surface area contributed by atoms with Crippen molar-refractivity contribution in [3.63, 3.8) is 0 Å². The lowest BCUT2D eigenvalue weighted by Crippen LogP contribution is -2.37. The zero-order valence-corrected chi connectivity index (χ0v) is 6.63. The van der Waals surface area contributed by atoms with Gasteiger partial charge in [-0.25, -0.2) is 0 Å². The summed E-state index contributed by atoms with van der Waals surface area (Å²) in [4.78, 5) is 12.7. The Labute approximate surface area is 61.0 Å². The quantitative estimate of drug-likeness (QED) is 0.530. The minimum Gasteiger partial charge on any atom is -0.351 e. The summed E-state index contributed by atoms with van der Waals surface area (Å²) in [6.07, 6.45) is 0.0671. The van der Waals surface area contributed by atoms with Gasteiger partial charge in [0.15, 0.2) is 6.23 Å². The molecule has 0 radical (unpaired) electrons. The van der Waals surface area contributed by atoms with Crippen molar-refractivity contribution < 1.29 is 9.53 Å². The number of nitrogens with zero attached hydrogens (tertiary/aromatic N) is 1. The highest BCUT2D eigenvalue weighted by Crippen LogP contribution is 2.17. The second kappa shape index (κ2) is 2.58. The molecule has 0 aromatic rings. The highest BCUT2D eigenvalue weighted by molar-refractivity contribution is 5.74. The maximum Gasteiger partial charge on any atom is 0.221 e. The third-order valence-electron chi connectivity index (χ3n) is 1.55. The molecule has 1 rings (SSSR count). The fourth-order valence-corrected chi connectivity index (χ4v) is 1.10. The van der Waals surface area contributed by atoms with Gasteiger partial charge in [0.25, 0.3) is 0 Å². The Morgan fingerprint density at radius 3 is 2.30 bits per heavy atom. The molecule has 58 valence electrons. The van der Waals surface area contributed by atoms with Crippen LogP contribution in [-0.2, 0) is 9.53 Å². The largest absolute Gasteiger partial charge is 0.351 e. The van der Waals surface area contributed by atoms with E-state index in [0.717, 1.165) is 0 Å². The van der Waals surface area contributed by atoms with Crippen molar-refractivity contribution in [1.82, 2.24) is 4.90 Å². The van der Waals surface area contributed by atoms with Crippen molar-refractivity contribution in [2.24, 2.45) is 0 Å². The monoisotopic (exact) mass is 143 g/mol. The fourth-order valence-electron chi connectivity index (χ4n) is 1.10. The summed E-state index contributed by atoms with van der Waals surface area (Å²) in [5.41, 5.74) is 0. The zero-order chi connectivity index (χ0) is 7.72. The molecule has 0 spiro atoms. The standard InChI is InChI=1S/C7H13NO2/c1-5(2)8(6(3)9)7-4-10-7/h5,7H,4H2,1-3H3. The Kier molecular flexibility index (Phi) is 1.94. The van der Waals surface area contributed by atoms with Gasteiger partial charge in [-0.1, -0.05) is 0 Å². The van der Waals surface area contributed by atoms with Crippen molar-refractivity contribution >= 4 is 5.91 Å². The number of rotatable bonds is 2. The van der Waals surface area contributed by atoms with E-state index in [-0.39, 0.29) is 18.2 Å². The van der Waals surface area contributed by atoms with Crippen molar-refractivity contribution in [2.75, 3.05) is 6.61 Å². The van der Waals surface area contributed by atoms with E-state index in [1.165, 1.54) is 0 Å². The van der Waals surface area contributed by atoms with Crippen LogP contribution in [0.3, 0.4) is 0 Å². The molecule has 1 heterocycles. The van der Waals surface area contributed by atoms with Gasteiger partial charge in [0, 0.05) is 13.0 Å². The average molecular weight is 143 g/mol. The van der Waals surface area contributed by atoms with Crippen LogP contribution in [0.1, 0.15) is 20.8 Å². The minimum absolute atomic E-state index is 0.0671. The normalized spacial score (nSPS) is 23.0. The van der Waals surface area contributed by atoms with Crippen molar-refractivity contribution in [2.45, 2.75) is 33.0 Å². The van der Waals surface area contributed by atoms with E-state index in [9.17, 15) is 4.79 Å². The molecular weight excluding hydrogens is 130 g/mol. The van der Waals surface area contributed by atoms with E-state index in [0.29, 0.717) is 6.61 Å². The van der Waals surface area contributed by atoms with Crippen LogP contribution < -0.4 is 0 Å². The first-order chi connectivity index (χ1) is 4.63. The molecule has 1 fully saturated rings. The number of hydrogen-bond acceptors (Lipinski definition) is 2. The molecule has 1 aliphatic heterocycles. The number of ether oxygens (including phenoxy) is 1. The van der Waals surface area contributed by atoms with Crippen LogP contribution in [0.15, 0.2) is 0 Å². The van der Waals surface area contributed by atoms with Crippen LogP contribution in [0.2, 0.25) is 0 Å². The Balaban J connectivity index is 2.49.